The highest BCUT2D eigenvalue weighted by atomic mass is 16.2. The monoisotopic (exact) mass is 212 g/mol. The summed E-state index contributed by atoms with van der Waals surface area (Å²) in [6.45, 7) is 8.58. The smallest absolute Gasteiger partial charge is 0.222 e. The molecule has 1 aliphatic rings. The van der Waals surface area contributed by atoms with Gasteiger partial charge in [0.05, 0.1) is 0 Å². The van der Waals surface area contributed by atoms with Crippen LogP contribution in [0, 0.1) is 5.92 Å². The van der Waals surface area contributed by atoms with Crippen molar-refractivity contribution in [1.82, 2.24) is 9.80 Å². The minimum absolute atomic E-state index is 0.346. The molecular formula is C12H24N2O. The Morgan fingerprint density at radius 2 is 2.07 bits per heavy atom. The minimum atomic E-state index is 0.346. The number of hydrogen-bond donors (Lipinski definition) is 0. The highest BCUT2D eigenvalue weighted by molar-refractivity contribution is 5.76. The molecule has 3 heteroatoms. The Hall–Kier alpha value is -0.570. The molecule has 0 aromatic heterocycles. The Balaban J connectivity index is 2.02. The van der Waals surface area contributed by atoms with Crippen molar-refractivity contribution in [3.8, 4) is 0 Å². The van der Waals surface area contributed by atoms with Gasteiger partial charge in [0.2, 0.25) is 5.91 Å². The van der Waals surface area contributed by atoms with Gasteiger partial charge in [0.25, 0.3) is 0 Å². The average molecular weight is 212 g/mol. The Labute approximate surface area is 93.4 Å². The molecule has 0 radical (unpaired) electrons. The van der Waals surface area contributed by atoms with Crippen molar-refractivity contribution in [2.24, 2.45) is 5.92 Å². The van der Waals surface area contributed by atoms with Crippen LogP contribution in [-0.4, -0.2) is 48.9 Å². The number of nitrogens with zero attached hydrogens (tertiary/aromatic N) is 2. The Morgan fingerprint density at radius 3 is 2.53 bits per heavy atom. The fraction of sp³-hybridized carbons (Fsp3) is 0.917. The fourth-order valence-electron chi connectivity index (χ4n) is 1.94. The van der Waals surface area contributed by atoms with Crippen LogP contribution in [0.3, 0.4) is 0 Å². The number of amides is 1. The molecule has 0 spiro atoms. The van der Waals surface area contributed by atoms with E-state index in [9.17, 15) is 4.79 Å². The van der Waals surface area contributed by atoms with Crippen LogP contribution in [0.1, 0.15) is 33.1 Å². The van der Waals surface area contributed by atoms with Gasteiger partial charge in [0.1, 0.15) is 0 Å². The van der Waals surface area contributed by atoms with Crippen molar-refractivity contribution >= 4 is 5.91 Å². The predicted molar refractivity (Wildman–Crippen MR) is 62.8 cm³/mol. The normalized spacial score (nSPS) is 15.9. The Morgan fingerprint density at radius 1 is 1.40 bits per heavy atom. The van der Waals surface area contributed by atoms with Crippen molar-refractivity contribution in [3.63, 3.8) is 0 Å². The van der Waals surface area contributed by atoms with Gasteiger partial charge in [-0.25, -0.2) is 0 Å². The molecule has 1 fully saturated rings. The minimum Gasteiger partial charge on any atom is -0.343 e. The molecule has 0 unspecified atom stereocenters. The molecule has 1 heterocycles. The summed E-state index contributed by atoms with van der Waals surface area (Å²) in [4.78, 5) is 15.8. The average Bonchev–Trinajstić information content (AvgIpc) is 1.98. The zero-order valence-corrected chi connectivity index (χ0v) is 10.3. The maximum Gasteiger partial charge on any atom is 0.222 e. The molecule has 0 aromatic carbocycles. The van der Waals surface area contributed by atoms with Crippen LogP contribution >= 0.6 is 0 Å². The lowest BCUT2D eigenvalue weighted by Crippen LogP contribution is -2.42. The van der Waals surface area contributed by atoms with Crippen LogP contribution in [0.2, 0.25) is 0 Å². The molecule has 1 saturated heterocycles. The lowest BCUT2D eigenvalue weighted by atomic mass is 10.1. The van der Waals surface area contributed by atoms with Gasteiger partial charge in [-0.1, -0.05) is 13.8 Å². The van der Waals surface area contributed by atoms with E-state index < -0.39 is 0 Å². The van der Waals surface area contributed by atoms with Gasteiger partial charge in [0, 0.05) is 26.1 Å². The van der Waals surface area contributed by atoms with Gasteiger partial charge in [-0.2, -0.15) is 0 Å². The van der Waals surface area contributed by atoms with E-state index in [1.165, 1.54) is 6.42 Å². The second-order valence-electron chi connectivity index (χ2n) is 4.99. The van der Waals surface area contributed by atoms with Crippen molar-refractivity contribution in [3.05, 3.63) is 0 Å². The van der Waals surface area contributed by atoms with Crippen LogP contribution < -0.4 is 0 Å². The maximum atomic E-state index is 11.5. The summed E-state index contributed by atoms with van der Waals surface area (Å²) in [7, 11) is 2.13. The fourth-order valence-corrected chi connectivity index (χ4v) is 1.94. The van der Waals surface area contributed by atoms with Crippen molar-refractivity contribution in [2.45, 2.75) is 33.1 Å². The third-order valence-electron chi connectivity index (χ3n) is 2.82. The van der Waals surface area contributed by atoms with E-state index in [1.54, 1.807) is 0 Å². The van der Waals surface area contributed by atoms with E-state index in [-0.39, 0.29) is 0 Å². The lowest BCUT2D eigenvalue weighted by molar-refractivity contribution is -0.134. The SMILES string of the molecule is CC(C)CN(C)CCCC(=O)N1CCC1. The number of likely N-dealkylation sites (tertiary alicyclic amines) is 1. The van der Waals surface area contributed by atoms with Gasteiger partial charge >= 0.3 is 0 Å². The summed E-state index contributed by atoms with van der Waals surface area (Å²) in [6.07, 6.45) is 2.92. The van der Waals surface area contributed by atoms with E-state index >= 15 is 0 Å². The molecule has 0 aromatic rings. The van der Waals surface area contributed by atoms with Crippen LogP contribution in [-0.2, 0) is 4.79 Å². The number of rotatable bonds is 6. The lowest BCUT2D eigenvalue weighted by Gasteiger charge is -2.31. The van der Waals surface area contributed by atoms with Crippen molar-refractivity contribution in [1.29, 1.82) is 0 Å². The highest BCUT2D eigenvalue weighted by Gasteiger charge is 2.19. The first-order valence-electron chi connectivity index (χ1n) is 6.06. The zero-order valence-electron chi connectivity index (χ0n) is 10.3. The van der Waals surface area contributed by atoms with Crippen LogP contribution in [0.15, 0.2) is 0 Å². The molecule has 0 saturated carbocycles. The van der Waals surface area contributed by atoms with Gasteiger partial charge in [0.15, 0.2) is 0 Å². The highest BCUT2D eigenvalue weighted by Crippen LogP contribution is 2.09. The van der Waals surface area contributed by atoms with Gasteiger partial charge in [-0.3, -0.25) is 4.79 Å². The first-order chi connectivity index (χ1) is 7.09. The van der Waals surface area contributed by atoms with Crippen LogP contribution in [0.5, 0.6) is 0 Å². The summed E-state index contributed by atoms with van der Waals surface area (Å²) in [5.74, 6) is 1.06. The first-order valence-corrected chi connectivity index (χ1v) is 6.06. The summed E-state index contributed by atoms with van der Waals surface area (Å²) >= 11 is 0. The molecule has 0 N–H and O–H groups in total. The van der Waals surface area contributed by atoms with Crippen LogP contribution in [0.4, 0.5) is 0 Å². The molecule has 15 heavy (non-hydrogen) atoms. The molecule has 1 aliphatic heterocycles. The van der Waals surface area contributed by atoms with E-state index in [0.29, 0.717) is 11.8 Å². The van der Waals surface area contributed by atoms with E-state index in [0.717, 1.165) is 39.0 Å². The van der Waals surface area contributed by atoms with Crippen LogP contribution in [0.25, 0.3) is 0 Å². The van der Waals surface area contributed by atoms with E-state index in [2.05, 4.69) is 25.8 Å². The summed E-state index contributed by atoms with van der Waals surface area (Å²) < 4.78 is 0. The molecule has 3 nitrogen and oxygen atoms in total. The van der Waals surface area contributed by atoms with E-state index in [4.69, 9.17) is 0 Å². The quantitative estimate of drug-likeness (QED) is 0.667. The van der Waals surface area contributed by atoms with Crippen molar-refractivity contribution < 1.29 is 4.79 Å². The second-order valence-corrected chi connectivity index (χ2v) is 4.99. The van der Waals surface area contributed by atoms with Gasteiger partial charge in [-0.05, 0) is 32.4 Å². The Bertz CT molecular complexity index is 200. The largest absolute Gasteiger partial charge is 0.343 e. The number of carbonyl (C=O) groups is 1. The summed E-state index contributed by atoms with van der Waals surface area (Å²) in [6, 6.07) is 0. The van der Waals surface area contributed by atoms with Gasteiger partial charge in [-0.15, -0.1) is 0 Å². The maximum absolute atomic E-state index is 11.5. The van der Waals surface area contributed by atoms with E-state index in [1.807, 2.05) is 4.90 Å². The Kier molecular flexibility index (Phi) is 5.09. The summed E-state index contributed by atoms with van der Waals surface area (Å²) in [5.41, 5.74) is 0. The van der Waals surface area contributed by atoms with Gasteiger partial charge < -0.3 is 9.80 Å². The molecule has 1 rings (SSSR count). The summed E-state index contributed by atoms with van der Waals surface area (Å²) in [5, 5.41) is 0. The first kappa shape index (κ1) is 12.5. The second kappa shape index (κ2) is 6.11. The zero-order chi connectivity index (χ0) is 11.3. The third kappa shape index (κ3) is 4.65. The molecule has 1 amide bonds. The number of hydrogen-bond acceptors (Lipinski definition) is 2. The molecular weight excluding hydrogens is 188 g/mol. The van der Waals surface area contributed by atoms with Crippen molar-refractivity contribution in [2.75, 3.05) is 33.2 Å². The topological polar surface area (TPSA) is 23.6 Å². The predicted octanol–water partition coefficient (Wildman–Crippen LogP) is 1.59. The molecule has 0 atom stereocenters. The standard InChI is InChI=1S/C12H24N2O/c1-11(2)10-13(3)7-4-6-12(15)14-8-5-9-14/h11H,4-10H2,1-3H3. The third-order valence-corrected chi connectivity index (χ3v) is 2.82. The number of carbonyl (C=O) groups excluding carboxylic acids is 1. The molecule has 0 aliphatic carbocycles. The molecule has 88 valence electrons. The molecule has 0 bridgehead atoms.